The lowest BCUT2D eigenvalue weighted by molar-refractivity contribution is -0.384. The van der Waals surface area contributed by atoms with E-state index in [9.17, 15) is 14.9 Å². The summed E-state index contributed by atoms with van der Waals surface area (Å²) in [4.78, 5) is 30.4. The topological polar surface area (TPSA) is 91.1 Å². The molecule has 29 heavy (non-hydrogen) atoms. The molecule has 0 unspecified atom stereocenters. The van der Waals surface area contributed by atoms with Crippen LogP contribution in [0.25, 0.3) is 0 Å². The first-order valence-electron chi connectivity index (χ1n) is 9.25. The maximum absolute atomic E-state index is 12.0. The van der Waals surface area contributed by atoms with Crippen molar-refractivity contribution in [1.29, 1.82) is 0 Å². The molecule has 8 heteroatoms. The summed E-state index contributed by atoms with van der Waals surface area (Å²) in [5.41, 5.74) is 3.24. The molecule has 154 valence electrons. The number of guanidine groups is 1. The Morgan fingerprint density at radius 1 is 1.10 bits per heavy atom. The normalized spacial score (nSPS) is 11.1. The number of amides is 1. The third-order valence-corrected chi connectivity index (χ3v) is 4.49. The highest BCUT2D eigenvalue weighted by molar-refractivity contribution is 5.86. The minimum absolute atomic E-state index is 0.0457. The van der Waals surface area contributed by atoms with Crippen molar-refractivity contribution in [2.75, 3.05) is 27.7 Å². The molecule has 2 rings (SSSR count). The summed E-state index contributed by atoms with van der Waals surface area (Å²) in [6.07, 6.45) is 0. The van der Waals surface area contributed by atoms with E-state index in [0.717, 1.165) is 5.56 Å². The van der Waals surface area contributed by atoms with Crippen LogP contribution in [0.2, 0.25) is 0 Å². The Balaban J connectivity index is 2.16. The Kier molecular flexibility index (Phi) is 7.70. The second kappa shape index (κ2) is 10.2. The summed E-state index contributed by atoms with van der Waals surface area (Å²) < 4.78 is 0. The fourth-order valence-electron chi connectivity index (χ4n) is 2.63. The largest absolute Gasteiger partial charge is 0.347 e. The van der Waals surface area contributed by atoms with Crippen molar-refractivity contribution in [2.45, 2.75) is 20.0 Å². The number of hydrogen-bond donors (Lipinski definition) is 1. The summed E-state index contributed by atoms with van der Waals surface area (Å²) in [6.45, 7) is 3.16. The van der Waals surface area contributed by atoms with Crippen molar-refractivity contribution in [3.05, 3.63) is 75.3 Å². The van der Waals surface area contributed by atoms with E-state index in [-0.39, 0.29) is 18.1 Å². The van der Waals surface area contributed by atoms with Crippen molar-refractivity contribution in [3.63, 3.8) is 0 Å². The summed E-state index contributed by atoms with van der Waals surface area (Å²) >= 11 is 0. The fraction of sp³-hybridized carbons (Fsp3) is 0.333. The number of aliphatic imine (C=N–C) groups is 1. The molecular formula is C21H27N5O3. The number of nitro groups is 1. The first kappa shape index (κ1) is 21.9. The van der Waals surface area contributed by atoms with Gasteiger partial charge in [0.15, 0.2) is 5.96 Å². The van der Waals surface area contributed by atoms with Gasteiger partial charge in [-0.3, -0.25) is 14.9 Å². The number of non-ortho nitro benzene ring substituents is 1. The number of hydrogen-bond acceptors (Lipinski definition) is 4. The van der Waals surface area contributed by atoms with Gasteiger partial charge in [-0.15, -0.1) is 0 Å². The maximum Gasteiger partial charge on any atom is 0.269 e. The average molecular weight is 397 g/mol. The van der Waals surface area contributed by atoms with Crippen LogP contribution in [0, 0.1) is 17.0 Å². The molecule has 2 aromatic carbocycles. The predicted octanol–water partition coefficient (Wildman–Crippen LogP) is 2.57. The number of benzene rings is 2. The molecule has 1 amide bonds. The number of nitrogens with zero attached hydrogens (tertiary/aromatic N) is 4. The molecule has 0 bridgehead atoms. The Labute approximate surface area is 171 Å². The molecule has 1 N–H and O–H groups in total. The molecule has 0 radical (unpaired) electrons. The number of rotatable bonds is 7. The summed E-state index contributed by atoms with van der Waals surface area (Å²) in [6, 6.07) is 14.4. The zero-order chi connectivity index (χ0) is 21.4. The number of likely N-dealkylation sites (N-methyl/N-ethyl adjacent to an activating group) is 1. The van der Waals surface area contributed by atoms with E-state index in [1.807, 2.05) is 24.1 Å². The van der Waals surface area contributed by atoms with Gasteiger partial charge in [-0.2, -0.15) is 0 Å². The number of carbonyl (C=O) groups excluding carboxylic acids is 1. The van der Waals surface area contributed by atoms with Crippen molar-refractivity contribution in [2.24, 2.45) is 4.99 Å². The van der Waals surface area contributed by atoms with Crippen LogP contribution in [-0.2, 0) is 17.9 Å². The lowest BCUT2D eigenvalue weighted by Gasteiger charge is -2.24. The van der Waals surface area contributed by atoms with Crippen LogP contribution in [0.1, 0.15) is 16.7 Å². The minimum Gasteiger partial charge on any atom is -0.347 e. The van der Waals surface area contributed by atoms with Crippen LogP contribution in [0.15, 0.2) is 53.5 Å². The third kappa shape index (κ3) is 6.60. The van der Waals surface area contributed by atoms with Crippen molar-refractivity contribution >= 4 is 17.6 Å². The third-order valence-electron chi connectivity index (χ3n) is 4.49. The molecule has 0 heterocycles. The van der Waals surface area contributed by atoms with Gasteiger partial charge in [0.25, 0.3) is 5.69 Å². The van der Waals surface area contributed by atoms with Crippen LogP contribution in [-0.4, -0.2) is 54.3 Å². The van der Waals surface area contributed by atoms with E-state index in [1.165, 1.54) is 28.2 Å². The standard InChI is InChI=1S/C21H27N5O3/c1-16-7-5-6-8-18(16)15-25(4)21(23-14-20(27)24(2)3)22-13-17-9-11-19(12-10-17)26(28)29/h5-12H,13-15H2,1-4H3,(H,22,23). The van der Waals surface area contributed by atoms with Crippen molar-refractivity contribution in [1.82, 2.24) is 15.1 Å². The molecular weight excluding hydrogens is 370 g/mol. The zero-order valence-corrected chi connectivity index (χ0v) is 17.3. The summed E-state index contributed by atoms with van der Waals surface area (Å²) in [7, 11) is 5.32. The smallest absolute Gasteiger partial charge is 0.269 e. The van der Waals surface area contributed by atoms with Crippen molar-refractivity contribution in [3.8, 4) is 0 Å². The molecule has 0 aromatic heterocycles. The summed E-state index contributed by atoms with van der Waals surface area (Å²) in [5, 5.41) is 13.9. The fourth-order valence-corrected chi connectivity index (χ4v) is 2.63. The van der Waals surface area contributed by atoms with E-state index in [0.29, 0.717) is 19.0 Å². The molecule has 2 aromatic rings. The van der Waals surface area contributed by atoms with Crippen LogP contribution in [0.5, 0.6) is 0 Å². The highest BCUT2D eigenvalue weighted by atomic mass is 16.6. The van der Waals surface area contributed by atoms with Gasteiger partial charge >= 0.3 is 0 Å². The van der Waals surface area contributed by atoms with Crippen LogP contribution in [0.3, 0.4) is 0 Å². The van der Waals surface area contributed by atoms with Crippen molar-refractivity contribution < 1.29 is 9.72 Å². The van der Waals surface area contributed by atoms with Gasteiger partial charge in [0.05, 0.1) is 18.0 Å². The van der Waals surface area contributed by atoms with Gasteiger partial charge in [0.2, 0.25) is 5.91 Å². The first-order valence-corrected chi connectivity index (χ1v) is 9.25. The SMILES string of the molecule is Cc1ccccc1CN(C)C(=NCc1ccc([N+](=O)[O-])cc1)NCC(=O)N(C)C. The van der Waals surface area contributed by atoms with E-state index in [1.54, 1.807) is 26.2 Å². The second-order valence-corrected chi connectivity index (χ2v) is 6.99. The van der Waals surface area contributed by atoms with Gasteiger partial charge < -0.3 is 15.1 Å². The Bertz CT molecular complexity index is 878. The average Bonchev–Trinajstić information content (AvgIpc) is 2.69. The monoisotopic (exact) mass is 397 g/mol. The number of nitrogens with one attached hydrogen (secondary N) is 1. The van der Waals surface area contributed by atoms with Gasteiger partial charge in [-0.25, -0.2) is 4.99 Å². The van der Waals surface area contributed by atoms with E-state index < -0.39 is 4.92 Å². The maximum atomic E-state index is 12.0. The quantitative estimate of drug-likeness (QED) is 0.336. The zero-order valence-electron chi connectivity index (χ0n) is 17.3. The number of aryl methyl sites for hydroxylation is 1. The van der Waals surface area contributed by atoms with Crippen LogP contribution in [0.4, 0.5) is 5.69 Å². The number of nitro benzene ring substituents is 1. The molecule has 0 saturated heterocycles. The highest BCUT2D eigenvalue weighted by Crippen LogP contribution is 2.13. The van der Waals surface area contributed by atoms with Gasteiger partial charge in [-0.1, -0.05) is 36.4 Å². The van der Waals surface area contributed by atoms with E-state index in [4.69, 9.17) is 0 Å². The van der Waals surface area contributed by atoms with Crippen LogP contribution < -0.4 is 5.32 Å². The lowest BCUT2D eigenvalue weighted by atomic mass is 10.1. The highest BCUT2D eigenvalue weighted by Gasteiger charge is 2.12. The van der Waals surface area contributed by atoms with E-state index >= 15 is 0 Å². The number of carbonyl (C=O) groups is 1. The predicted molar refractivity (Wildman–Crippen MR) is 114 cm³/mol. The van der Waals surface area contributed by atoms with Gasteiger partial charge in [-0.05, 0) is 23.6 Å². The summed E-state index contributed by atoms with van der Waals surface area (Å²) in [5.74, 6) is 0.527. The van der Waals surface area contributed by atoms with Crippen LogP contribution >= 0.6 is 0 Å². The molecule has 0 aliphatic heterocycles. The lowest BCUT2D eigenvalue weighted by Crippen LogP contribution is -2.43. The Morgan fingerprint density at radius 3 is 2.34 bits per heavy atom. The molecule has 0 saturated carbocycles. The molecule has 0 fully saturated rings. The molecule has 0 atom stereocenters. The van der Waals surface area contributed by atoms with E-state index in [2.05, 4.69) is 29.4 Å². The molecule has 0 spiro atoms. The van der Waals surface area contributed by atoms with Gasteiger partial charge in [0.1, 0.15) is 0 Å². The Hall–Kier alpha value is -3.42. The molecule has 0 aliphatic rings. The first-order chi connectivity index (χ1) is 13.8. The van der Waals surface area contributed by atoms with Gasteiger partial charge in [0, 0.05) is 39.8 Å². The minimum atomic E-state index is -0.428. The molecule has 8 nitrogen and oxygen atoms in total. The second-order valence-electron chi connectivity index (χ2n) is 6.99. The Morgan fingerprint density at radius 2 is 1.76 bits per heavy atom. The molecule has 0 aliphatic carbocycles.